The van der Waals surface area contributed by atoms with Gasteiger partial charge in [0.15, 0.2) is 5.76 Å². The van der Waals surface area contributed by atoms with Crippen molar-refractivity contribution < 1.29 is 13.7 Å². The van der Waals surface area contributed by atoms with Gasteiger partial charge in [-0.05, 0) is 25.1 Å². The van der Waals surface area contributed by atoms with Crippen molar-refractivity contribution in [2.45, 2.75) is 25.4 Å². The van der Waals surface area contributed by atoms with Crippen LogP contribution in [0.25, 0.3) is 11.6 Å². The quantitative estimate of drug-likeness (QED) is 0.781. The molecule has 3 heterocycles. The highest BCUT2D eigenvalue weighted by atomic mass is 16.5. The molecule has 0 radical (unpaired) electrons. The Balaban J connectivity index is 1.40. The number of hydrogen-bond acceptors (Lipinski definition) is 6. The number of para-hydroxylation sites is 1. The van der Waals surface area contributed by atoms with Crippen LogP contribution in [0.3, 0.4) is 0 Å². The van der Waals surface area contributed by atoms with Gasteiger partial charge in [0.2, 0.25) is 11.7 Å². The molecular formula is C17H17N3O3. The molecule has 0 spiro atoms. The summed E-state index contributed by atoms with van der Waals surface area (Å²) in [5, 5.41) is 7.36. The molecule has 118 valence electrons. The fraction of sp³-hybridized carbons (Fsp3) is 0.294. The summed E-state index contributed by atoms with van der Waals surface area (Å²) in [6.07, 6.45) is 1.59. The molecule has 0 fully saturated rings. The molecule has 2 atom stereocenters. The topological polar surface area (TPSA) is 73.3 Å². The Morgan fingerprint density at radius 3 is 3.04 bits per heavy atom. The molecule has 0 bridgehead atoms. The number of nitrogens with one attached hydrogen (secondary N) is 1. The first-order valence-electron chi connectivity index (χ1n) is 7.63. The van der Waals surface area contributed by atoms with Crippen LogP contribution in [0.5, 0.6) is 5.75 Å². The first kappa shape index (κ1) is 14.0. The van der Waals surface area contributed by atoms with E-state index in [4.69, 9.17) is 13.7 Å². The molecule has 1 aromatic carbocycles. The van der Waals surface area contributed by atoms with Gasteiger partial charge in [0.25, 0.3) is 0 Å². The molecule has 23 heavy (non-hydrogen) atoms. The van der Waals surface area contributed by atoms with Crippen LogP contribution < -0.4 is 10.1 Å². The molecule has 4 rings (SSSR count). The van der Waals surface area contributed by atoms with Crippen molar-refractivity contribution in [2.24, 2.45) is 0 Å². The molecule has 3 aromatic rings. The lowest BCUT2D eigenvalue weighted by Gasteiger charge is -2.18. The smallest absolute Gasteiger partial charge is 0.241 e. The molecule has 2 aromatic heterocycles. The summed E-state index contributed by atoms with van der Waals surface area (Å²) >= 11 is 0. The Morgan fingerprint density at radius 1 is 1.26 bits per heavy atom. The van der Waals surface area contributed by atoms with Crippen LogP contribution in [-0.2, 0) is 6.54 Å². The lowest BCUT2D eigenvalue weighted by atomic mass is 9.94. The molecule has 0 amide bonds. The number of ether oxygens (including phenoxy) is 1. The van der Waals surface area contributed by atoms with Crippen LogP contribution in [0, 0.1) is 0 Å². The second-order valence-corrected chi connectivity index (χ2v) is 5.61. The summed E-state index contributed by atoms with van der Waals surface area (Å²) in [6, 6.07) is 12.0. The van der Waals surface area contributed by atoms with Crippen LogP contribution in [0.4, 0.5) is 0 Å². The standard InChI is InChI=1S/C17H17N3O3/c1-11(13-10-22-14-6-3-2-5-12(13)14)18-9-16-19-17(20-23-16)15-7-4-8-21-15/h2-8,11,13,18H,9-10H2,1H3/t11-,13-/m1/s1. The van der Waals surface area contributed by atoms with Gasteiger partial charge >= 0.3 is 0 Å². The van der Waals surface area contributed by atoms with E-state index in [2.05, 4.69) is 28.4 Å². The van der Waals surface area contributed by atoms with E-state index in [9.17, 15) is 0 Å². The molecule has 1 aliphatic heterocycles. The predicted octanol–water partition coefficient (Wildman–Crippen LogP) is 2.98. The molecule has 6 nitrogen and oxygen atoms in total. The lowest BCUT2D eigenvalue weighted by Crippen LogP contribution is -2.32. The summed E-state index contributed by atoms with van der Waals surface area (Å²) in [5.74, 6) is 2.90. The minimum atomic E-state index is 0.234. The highest BCUT2D eigenvalue weighted by Crippen LogP contribution is 2.35. The maximum atomic E-state index is 5.73. The van der Waals surface area contributed by atoms with Gasteiger partial charge in [0.1, 0.15) is 5.75 Å². The molecular weight excluding hydrogens is 294 g/mol. The first-order chi connectivity index (χ1) is 11.3. The number of hydrogen-bond donors (Lipinski definition) is 1. The van der Waals surface area contributed by atoms with Crippen molar-refractivity contribution in [1.29, 1.82) is 0 Å². The second-order valence-electron chi connectivity index (χ2n) is 5.61. The van der Waals surface area contributed by atoms with E-state index in [0.29, 0.717) is 36.5 Å². The first-order valence-corrected chi connectivity index (χ1v) is 7.63. The Labute approximate surface area is 133 Å². The highest BCUT2D eigenvalue weighted by molar-refractivity contribution is 5.44. The van der Waals surface area contributed by atoms with E-state index in [1.54, 1.807) is 18.4 Å². The SMILES string of the molecule is C[C@@H](NCc1nc(-c2ccco2)no1)[C@H]1COc2ccccc21. The van der Waals surface area contributed by atoms with E-state index < -0.39 is 0 Å². The number of nitrogens with zero attached hydrogens (tertiary/aromatic N) is 2. The van der Waals surface area contributed by atoms with E-state index >= 15 is 0 Å². The lowest BCUT2D eigenvalue weighted by molar-refractivity contribution is 0.295. The number of furan rings is 1. The predicted molar refractivity (Wildman–Crippen MR) is 83.0 cm³/mol. The van der Waals surface area contributed by atoms with Crippen LogP contribution in [-0.4, -0.2) is 22.8 Å². The van der Waals surface area contributed by atoms with Crippen LogP contribution in [0.15, 0.2) is 51.6 Å². The van der Waals surface area contributed by atoms with Crippen molar-refractivity contribution in [3.8, 4) is 17.3 Å². The molecule has 0 aliphatic carbocycles. The highest BCUT2D eigenvalue weighted by Gasteiger charge is 2.28. The van der Waals surface area contributed by atoms with Crippen LogP contribution >= 0.6 is 0 Å². The Morgan fingerprint density at radius 2 is 2.17 bits per heavy atom. The third-order valence-corrected chi connectivity index (χ3v) is 4.13. The summed E-state index contributed by atoms with van der Waals surface area (Å²) in [6.45, 7) is 3.34. The summed E-state index contributed by atoms with van der Waals surface area (Å²) in [5.41, 5.74) is 1.24. The second kappa shape index (κ2) is 5.89. The average molecular weight is 311 g/mol. The Kier molecular flexibility index (Phi) is 3.59. The molecule has 1 N–H and O–H groups in total. The average Bonchev–Trinajstić information content (AvgIpc) is 3.31. The van der Waals surface area contributed by atoms with E-state index in [-0.39, 0.29) is 6.04 Å². The van der Waals surface area contributed by atoms with Crippen molar-refractivity contribution in [2.75, 3.05) is 6.61 Å². The van der Waals surface area contributed by atoms with Crippen LogP contribution in [0.1, 0.15) is 24.3 Å². The van der Waals surface area contributed by atoms with Gasteiger partial charge in [0, 0.05) is 17.5 Å². The van der Waals surface area contributed by atoms with E-state index in [0.717, 1.165) is 5.75 Å². The monoisotopic (exact) mass is 311 g/mol. The van der Waals surface area contributed by atoms with Gasteiger partial charge < -0.3 is 19.0 Å². The van der Waals surface area contributed by atoms with E-state index in [1.165, 1.54) is 5.56 Å². The molecule has 0 saturated heterocycles. The summed E-state index contributed by atoms with van der Waals surface area (Å²) in [4.78, 5) is 4.33. The normalized spacial score (nSPS) is 17.7. The zero-order valence-electron chi connectivity index (χ0n) is 12.7. The number of rotatable bonds is 5. The van der Waals surface area contributed by atoms with Crippen LogP contribution in [0.2, 0.25) is 0 Å². The molecule has 6 heteroatoms. The fourth-order valence-electron chi connectivity index (χ4n) is 2.82. The molecule has 0 saturated carbocycles. The summed E-state index contributed by atoms with van der Waals surface area (Å²) in [7, 11) is 0. The largest absolute Gasteiger partial charge is 0.493 e. The number of fused-ring (bicyclic) bond motifs is 1. The fourth-order valence-corrected chi connectivity index (χ4v) is 2.82. The van der Waals surface area contributed by atoms with Gasteiger partial charge in [-0.2, -0.15) is 4.98 Å². The van der Waals surface area contributed by atoms with Gasteiger partial charge in [-0.1, -0.05) is 23.4 Å². The molecule has 0 unspecified atom stereocenters. The zero-order valence-corrected chi connectivity index (χ0v) is 12.7. The molecule has 1 aliphatic rings. The van der Waals surface area contributed by atoms with E-state index in [1.807, 2.05) is 18.2 Å². The maximum absolute atomic E-state index is 5.73. The minimum absolute atomic E-state index is 0.234. The van der Waals surface area contributed by atoms with Crippen molar-refractivity contribution in [3.05, 3.63) is 54.1 Å². The third-order valence-electron chi connectivity index (χ3n) is 4.13. The van der Waals surface area contributed by atoms with Crippen molar-refractivity contribution in [1.82, 2.24) is 15.5 Å². The third kappa shape index (κ3) is 2.73. The van der Waals surface area contributed by atoms with Crippen molar-refractivity contribution >= 4 is 0 Å². The van der Waals surface area contributed by atoms with Gasteiger partial charge in [-0.15, -0.1) is 0 Å². The minimum Gasteiger partial charge on any atom is -0.493 e. The van der Waals surface area contributed by atoms with Gasteiger partial charge in [0.05, 0.1) is 19.4 Å². The van der Waals surface area contributed by atoms with Gasteiger partial charge in [-0.3, -0.25) is 0 Å². The number of aromatic nitrogens is 2. The maximum Gasteiger partial charge on any atom is 0.241 e. The zero-order chi connectivity index (χ0) is 15.6. The van der Waals surface area contributed by atoms with Crippen molar-refractivity contribution in [3.63, 3.8) is 0 Å². The number of benzene rings is 1. The van der Waals surface area contributed by atoms with Gasteiger partial charge in [-0.25, -0.2) is 0 Å². The Bertz CT molecular complexity index is 782. The Hall–Kier alpha value is -2.60. The summed E-state index contributed by atoms with van der Waals surface area (Å²) < 4.78 is 16.2.